The van der Waals surface area contributed by atoms with Crippen LogP contribution in [0, 0.1) is 0 Å². The van der Waals surface area contributed by atoms with Crippen LogP contribution in [-0.2, 0) is 4.79 Å². The van der Waals surface area contributed by atoms with Crippen LogP contribution in [0.2, 0.25) is 0 Å². The zero-order valence-electron chi connectivity index (χ0n) is 16.1. The highest BCUT2D eigenvalue weighted by atomic mass is 32.2. The van der Waals surface area contributed by atoms with Crippen LogP contribution in [0.5, 0.6) is 11.5 Å². The van der Waals surface area contributed by atoms with Crippen LogP contribution < -0.4 is 9.47 Å². The zero-order chi connectivity index (χ0) is 18.9. The Morgan fingerprint density at radius 3 is 2.50 bits per heavy atom. The van der Waals surface area contributed by atoms with E-state index in [4.69, 9.17) is 9.47 Å². The van der Waals surface area contributed by atoms with Crippen LogP contribution in [0.4, 0.5) is 0 Å². The first-order chi connectivity index (χ1) is 12.6. The molecule has 1 saturated heterocycles. The number of carbonyl (C=O) groups is 1. The molecule has 0 radical (unpaired) electrons. The van der Waals surface area contributed by atoms with Gasteiger partial charge in [-0.15, -0.1) is 0 Å². The maximum atomic E-state index is 12.8. The highest BCUT2D eigenvalue weighted by Gasteiger charge is 2.32. The Morgan fingerprint density at radius 1 is 1.12 bits per heavy atom. The SMILES string of the molecule is CCCCN=C1S/C(=C\c2ccc(OC)c(OC)c2)C(=O)N1CCCC. The lowest BCUT2D eigenvalue weighted by Gasteiger charge is -2.14. The van der Waals surface area contributed by atoms with Crippen molar-refractivity contribution in [2.45, 2.75) is 39.5 Å². The van der Waals surface area contributed by atoms with E-state index < -0.39 is 0 Å². The predicted molar refractivity (Wildman–Crippen MR) is 109 cm³/mol. The molecule has 0 aliphatic carbocycles. The topological polar surface area (TPSA) is 51.1 Å². The smallest absolute Gasteiger partial charge is 0.266 e. The van der Waals surface area contributed by atoms with Gasteiger partial charge >= 0.3 is 0 Å². The molecule has 1 amide bonds. The molecular weight excluding hydrogens is 348 g/mol. The van der Waals surface area contributed by atoms with Gasteiger partial charge in [0.2, 0.25) is 0 Å². The van der Waals surface area contributed by atoms with Gasteiger partial charge in [0.25, 0.3) is 5.91 Å². The molecule has 5 nitrogen and oxygen atoms in total. The molecule has 1 aliphatic heterocycles. The predicted octanol–water partition coefficient (Wildman–Crippen LogP) is 4.58. The standard InChI is InChI=1S/C20H28N2O3S/c1-5-7-11-21-20-22(12-8-6-2)19(23)18(26-20)14-15-9-10-16(24-3)17(13-15)25-4/h9-10,13-14H,5-8,11-12H2,1-4H3/b18-14-,21-20?. The van der Waals surface area contributed by atoms with E-state index in [1.807, 2.05) is 29.2 Å². The van der Waals surface area contributed by atoms with Crippen LogP contribution >= 0.6 is 11.8 Å². The first-order valence-corrected chi connectivity index (χ1v) is 9.94. The number of thioether (sulfide) groups is 1. The minimum Gasteiger partial charge on any atom is -0.493 e. The van der Waals surface area contributed by atoms with Gasteiger partial charge in [-0.2, -0.15) is 0 Å². The Hall–Kier alpha value is -1.95. The third kappa shape index (κ3) is 5.04. The number of nitrogens with zero attached hydrogens (tertiary/aromatic N) is 2. The van der Waals surface area contributed by atoms with E-state index in [1.165, 1.54) is 11.8 Å². The molecule has 0 bridgehead atoms. The molecule has 0 spiro atoms. The van der Waals surface area contributed by atoms with Crippen molar-refractivity contribution in [1.82, 2.24) is 4.90 Å². The van der Waals surface area contributed by atoms with Crippen LogP contribution in [0.25, 0.3) is 6.08 Å². The normalized spacial score (nSPS) is 17.4. The highest BCUT2D eigenvalue weighted by Crippen LogP contribution is 2.34. The highest BCUT2D eigenvalue weighted by molar-refractivity contribution is 8.18. The van der Waals surface area contributed by atoms with Gasteiger partial charge in [0, 0.05) is 13.1 Å². The molecule has 1 aliphatic rings. The number of hydrogen-bond acceptors (Lipinski definition) is 5. The van der Waals surface area contributed by atoms with Crippen LogP contribution in [-0.4, -0.2) is 43.3 Å². The summed E-state index contributed by atoms with van der Waals surface area (Å²) in [5, 5.41) is 0.823. The zero-order valence-corrected chi connectivity index (χ0v) is 16.9. The van der Waals surface area contributed by atoms with Gasteiger partial charge in [0.05, 0.1) is 19.1 Å². The second-order valence-electron chi connectivity index (χ2n) is 6.05. The number of carbonyl (C=O) groups excluding carboxylic acids is 1. The fourth-order valence-electron chi connectivity index (χ4n) is 2.57. The van der Waals surface area contributed by atoms with Crippen molar-refractivity contribution in [3.05, 3.63) is 28.7 Å². The number of benzene rings is 1. The van der Waals surface area contributed by atoms with Gasteiger partial charge in [0.1, 0.15) is 0 Å². The molecule has 1 heterocycles. The summed E-state index contributed by atoms with van der Waals surface area (Å²) >= 11 is 1.46. The Kier molecular flexibility index (Phi) is 8.04. The number of unbranched alkanes of at least 4 members (excludes halogenated alkanes) is 2. The lowest BCUT2D eigenvalue weighted by Crippen LogP contribution is -2.30. The van der Waals surface area contributed by atoms with Gasteiger partial charge in [-0.3, -0.25) is 14.7 Å². The minimum absolute atomic E-state index is 0.0356. The Balaban J connectivity index is 2.26. The summed E-state index contributed by atoms with van der Waals surface area (Å²) in [4.78, 5) is 20.0. The quantitative estimate of drug-likeness (QED) is 0.468. The molecule has 0 N–H and O–H groups in total. The van der Waals surface area contributed by atoms with E-state index in [2.05, 4.69) is 18.8 Å². The van der Waals surface area contributed by atoms with Crippen molar-refractivity contribution in [1.29, 1.82) is 0 Å². The second kappa shape index (κ2) is 10.3. The van der Waals surface area contributed by atoms with Gasteiger partial charge in [0.15, 0.2) is 16.7 Å². The molecule has 2 rings (SSSR count). The van der Waals surface area contributed by atoms with Gasteiger partial charge in [-0.25, -0.2) is 0 Å². The van der Waals surface area contributed by atoms with E-state index in [0.29, 0.717) is 16.4 Å². The van der Waals surface area contributed by atoms with Gasteiger partial charge in [-0.1, -0.05) is 32.8 Å². The molecule has 0 saturated carbocycles. The number of methoxy groups -OCH3 is 2. The first kappa shape index (κ1) is 20.4. The van der Waals surface area contributed by atoms with Crippen molar-refractivity contribution in [3.63, 3.8) is 0 Å². The summed E-state index contributed by atoms with van der Waals surface area (Å²) in [6, 6.07) is 5.65. The lowest BCUT2D eigenvalue weighted by molar-refractivity contribution is -0.122. The van der Waals surface area contributed by atoms with Crippen molar-refractivity contribution in [3.8, 4) is 11.5 Å². The van der Waals surface area contributed by atoms with E-state index in [9.17, 15) is 4.79 Å². The summed E-state index contributed by atoms with van der Waals surface area (Å²) in [6.07, 6.45) is 6.05. The Morgan fingerprint density at radius 2 is 1.85 bits per heavy atom. The van der Waals surface area contributed by atoms with Crippen molar-refractivity contribution < 1.29 is 14.3 Å². The summed E-state index contributed by atoms with van der Waals surface area (Å²) in [7, 11) is 3.21. The molecule has 6 heteroatoms. The molecule has 1 aromatic carbocycles. The molecule has 0 atom stereocenters. The third-order valence-corrected chi connectivity index (χ3v) is 5.13. The second-order valence-corrected chi connectivity index (χ2v) is 7.06. The monoisotopic (exact) mass is 376 g/mol. The van der Waals surface area contributed by atoms with Gasteiger partial charge in [-0.05, 0) is 48.4 Å². The van der Waals surface area contributed by atoms with Crippen LogP contribution in [0.3, 0.4) is 0 Å². The maximum absolute atomic E-state index is 12.8. The van der Waals surface area contributed by atoms with Crippen molar-refractivity contribution in [2.75, 3.05) is 27.3 Å². The molecule has 0 unspecified atom stereocenters. The molecule has 1 aromatic rings. The molecule has 1 fully saturated rings. The van der Waals surface area contributed by atoms with E-state index in [1.54, 1.807) is 14.2 Å². The number of hydrogen-bond donors (Lipinski definition) is 0. The fraction of sp³-hybridized carbons (Fsp3) is 0.500. The number of amidine groups is 1. The average molecular weight is 377 g/mol. The molecule has 0 aromatic heterocycles. The number of rotatable bonds is 9. The molecule has 142 valence electrons. The first-order valence-electron chi connectivity index (χ1n) is 9.12. The summed E-state index contributed by atoms with van der Waals surface area (Å²) < 4.78 is 10.6. The largest absolute Gasteiger partial charge is 0.493 e. The minimum atomic E-state index is 0.0356. The maximum Gasteiger partial charge on any atom is 0.266 e. The summed E-state index contributed by atoms with van der Waals surface area (Å²) in [6.45, 7) is 5.75. The molecular formula is C20H28N2O3S. The number of aliphatic imine (C=N–C) groups is 1. The van der Waals surface area contributed by atoms with Crippen molar-refractivity contribution in [2.24, 2.45) is 4.99 Å². The van der Waals surface area contributed by atoms with Crippen LogP contribution in [0.1, 0.15) is 45.1 Å². The molecule has 26 heavy (non-hydrogen) atoms. The van der Waals surface area contributed by atoms with E-state index >= 15 is 0 Å². The van der Waals surface area contributed by atoms with Crippen molar-refractivity contribution >= 4 is 28.9 Å². The average Bonchev–Trinajstić information content (AvgIpc) is 2.95. The third-order valence-electron chi connectivity index (χ3n) is 4.09. The summed E-state index contributed by atoms with van der Waals surface area (Å²) in [5.74, 6) is 1.36. The number of amides is 1. The van der Waals surface area contributed by atoms with Crippen LogP contribution in [0.15, 0.2) is 28.1 Å². The summed E-state index contributed by atoms with van der Waals surface area (Å²) in [5.41, 5.74) is 0.906. The Bertz CT molecular complexity index is 686. The van der Waals surface area contributed by atoms with Gasteiger partial charge < -0.3 is 9.47 Å². The van der Waals surface area contributed by atoms with E-state index in [0.717, 1.165) is 49.5 Å². The lowest BCUT2D eigenvalue weighted by atomic mass is 10.2. The van der Waals surface area contributed by atoms with E-state index in [-0.39, 0.29) is 5.91 Å². The Labute approximate surface area is 160 Å². The fourth-order valence-corrected chi connectivity index (χ4v) is 3.60. The number of ether oxygens (including phenoxy) is 2.